The van der Waals surface area contributed by atoms with Crippen molar-refractivity contribution in [3.05, 3.63) is 29.8 Å². The fraction of sp³-hybridized carbons (Fsp3) is 0.375. The Morgan fingerprint density at radius 3 is 2.62 bits per heavy atom. The van der Waals surface area contributed by atoms with Gasteiger partial charge in [-0.3, -0.25) is 14.4 Å². The number of carbonyl (C=O) groups is 3. The average Bonchev–Trinajstić information content (AvgIpc) is 2.53. The van der Waals surface area contributed by atoms with Crippen molar-refractivity contribution in [3.63, 3.8) is 0 Å². The molecule has 1 aromatic rings. The number of rotatable bonds is 6. The summed E-state index contributed by atoms with van der Waals surface area (Å²) in [6.45, 7) is 1.94. The molecule has 24 heavy (non-hydrogen) atoms. The lowest BCUT2D eigenvalue weighted by Crippen LogP contribution is -2.36. The molecule has 1 unspecified atom stereocenters. The van der Waals surface area contributed by atoms with Crippen LogP contribution in [0, 0.1) is 5.92 Å². The molecule has 1 aliphatic rings. The van der Waals surface area contributed by atoms with Crippen LogP contribution in [0.3, 0.4) is 0 Å². The second-order valence-corrected chi connectivity index (χ2v) is 5.82. The Morgan fingerprint density at radius 1 is 1.38 bits per heavy atom. The number of primary amides is 1. The Morgan fingerprint density at radius 2 is 2.04 bits per heavy atom. The number of carbonyl (C=O) groups excluding carboxylic acids is 3. The van der Waals surface area contributed by atoms with Crippen LogP contribution in [0.5, 0.6) is 0 Å². The highest BCUT2D eigenvalue weighted by Crippen LogP contribution is 2.18. The van der Waals surface area contributed by atoms with Gasteiger partial charge in [0.2, 0.25) is 17.7 Å². The van der Waals surface area contributed by atoms with Crippen LogP contribution >= 0.6 is 0 Å². The zero-order valence-electron chi connectivity index (χ0n) is 13.4. The van der Waals surface area contributed by atoms with Crippen molar-refractivity contribution in [2.45, 2.75) is 32.2 Å². The molecule has 2 rings (SSSR count). The van der Waals surface area contributed by atoms with E-state index in [1.807, 2.05) is 19.1 Å². The summed E-state index contributed by atoms with van der Waals surface area (Å²) in [4.78, 5) is 33.9. The fourth-order valence-corrected chi connectivity index (χ4v) is 2.39. The van der Waals surface area contributed by atoms with Gasteiger partial charge in [0.1, 0.15) is 0 Å². The Balaban J connectivity index is 1.98. The van der Waals surface area contributed by atoms with Gasteiger partial charge in [-0.1, -0.05) is 19.1 Å². The number of hydrogen-bond acceptors (Lipinski definition) is 5. The second kappa shape index (κ2) is 7.69. The van der Waals surface area contributed by atoms with Crippen LogP contribution in [-0.2, 0) is 14.4 Å². The van der Waals surface area contributed by atoms with Gasteiger partial charge in [-0.25, -0.2) is 5.43 Å². The zero-order valence-corrected chi connectivity index (χ0v) is 13.4. The third-order valence-electron chi connectivity index (χ3n) is 3.75. The second-order valence-electron chi connectivity index (χ2n) is 5.82. The highest BCUT2D eigenvalue weighted by atomic mass is 16.2. The topological polar surface area (TPSA) is 140 Å². The van der Waals surface area contributed by atoms with Crippen molar-refractivity contribution in [2.24, 2.45) is 22.5 Å². The molecular formula is C16H21N5O3. The summed E-state index contributed by atoms with van der Waals surface area (Å²) in [6, 6.07) is 6.31. The van der Waals surface area contributed by atoms with Gasteiger partial charge in [0.15, 0.2) is 0 Å². The molecule has 0 aliphatic carbocycles. The number of nitrogens with one attached hydrogen (secondary N) is 2. The molecular weight excluding hydrogens is 310 g/mol. The lowest BCUT2D eigenvalue weighted by Gasteiger charge is -2.19. The molecule has 0 radical (unpaired) electrons. The van der Waals surface area contributed by atoms with Crippen LogP contribution < -0.4 is 22.2 Å². The van der Waals surface area contributed by atoms with E-state index in [2.05, 4.69) is 15.8 Å². The first-order chi connectivity index (χ1) is 11.4. The summed E-state index contributed by atoms with van der Waals surface area (Å²) < 4.78 is 0. The van der Waals surface area contributed by atoms with Crippen molar-refractivity contribution in [2.75, 3.05) is 5.32 Å². The van der Waals surface area contributed by atoms with Crippen molar-refractivity contribution >= 4 is 29.1 Å². The molecule has 8 nitrogen and oxygen atoms in total. The molecule has 128 valence electrons. The molecule has 0 spiro atoms. The maximum absolute atomic E-state index is 11.9. The van der Waals surface area contributed by atoms with E-state index in [0.29, 0.717) is 12.1 Å². The first-order valence-corrected chi connectivity index (χ1v) is 7.68. The van der Waals surface area contributed by atoms with Crippen molar-refractivity contribution < 1.29 is 14.4 Å². The highest BCUT2D eigenvalue weighted by Gasteiger charge is 2.21. The minimum Gasteiger partial charge on any atom is -0.370 e. The van der Waals surface area contributed by atoms with Gasteiger partial charge in [0, 0.05) is 24.4 Å². The Bertz CT molecular complexity index is 669. The van der Waals surface area contributed by atoms with E-state index >= 15 is 0 Å². The van der Waals surface area contributed by atoms with E-state index in [1.165, 1.54) is 0 Å². The van der Waals surface area contributed by atoms with E-state index < -0.39 is 11.9 Å². The molecule has 6 N–H and O–H groups in total. The first-order valence-electron chi connectivity index (χ1n) is 7.68. The highest BCUT2D eigenvalue weighted by molar-refractivity contribution is 6.06. The molecule has 0 saturated carbocycles. The lowest BCUT2D eigenvalue weighted by atomic mass is 9.94. The van der Waals surface area contributed by atoms with Crippen LogP contribution in [0.25, 0.3) is 0 Å². The number of nitrogens with zero attached hydrogens (tertiary/aromatic N) is 1. The molecule has 0 bridgehead atoms. The van der Waals surface area contributed by atoms with E-state index in [0.717, 1.165) is 11.3 Å². The van der Waals surface area contributed by atoms with Gasteiger partial charge in [-0.2, -0.15) is 5.10 Å². The number of nitrogens with two attached hydrogens (primary N) is 2. The van der Waals surface area contributed by atoms with Crippen LogP contribution in [-0.4, -0.2) is 29.5 Å². The predicted octanol–water partition coefficient (Wildman–Crippen LogP) is 0.0780. The van der Waals surface area contributed by atoms with Gasteiger partial charge in [-0.05, 0) is 24.1 Å². The van der Waals surface area contributed by atoms with Gasteiger partial charge in [0.05, 0.1) is 11.8 Å². The van der Waals surface area contributed by atoms with Crippen molar-refractivity contribution in [1.29, 1.82) is 0 Å². The van der Waals surface area contributed by atoms with E-state index in [-0.39, 0.29) is 30.6 Å². The van der Waals surface area contributed by atoms with Crippen LogP contribution in [0.1, 0.15) is 31.7 Å². The number of hydrogen-bond donors (Lipinski definition) is 4. The maximum atomic E-state index is 11.9. The minimum absolute atomic E-state index is 0.0291. The summed E-state index contributed by atoms with van der Waals surface area (Å²) in [5.41, 5.74) is 15.5. The molecule has 3 amide bonds. The quantitative estimate of drug-likeness (QED) is 0.586. The molecule has 0 saturated heterocycles. The molecule has 2 atom stereocenters. The van der Waals surface area contributed by atoms with Gasteiger partial charge < -0.3 is 16.8 Å². The van der Waals surface area contributed by atoms with Gasteiger partial charge >= 0.3 is 0 Å². The smallest absolute Gasteiger partial charge is 0.241 e. The molecule has 1 aliphatic heterocycles. The average molecular weight is 331 g/mol. The summed E-state index contributed by atoms with van der Waals surface area (Å²) in [6.07, 6.45) is 0.663. The van der Waals surface area contributed by atoms with Crippen molar-refractivity contribution in [1.82, 2.24) is 5.43 Å². The Hall–Kier alpha value is -2.74. The van der Waals surface area contributed by atoms with Gasteiger partial charge in [-0.15, -0.1) is 0 Å². The van der Waals surface area contributed by atoms with E-state index in [1.54, 1.807) is 12.1 Å². The van der Waals surface area contributed by atoms with Crippen molar-refractivity contribution in [3.8, 4) is 0 Å². The lowest BCUT2D eigenvalue weighted by molar-refractivity contribution is -0.122. The third-order valence-corrected chi connectivity index (χ3v) is 3.75. The number of amides is 3. The number of benzene rings is 1. The normalized spacial score (nSPS) is 18.3. The molecule has 0 fully saturated rings. The monoisotopic (exact) mass is 331 g/mol. The number of hydrazone groups is 1. The van der Waals surface area contributed by atoms with Gasteiger partial charge in [0.25, 0.3) is 0 Å². The summed E-state index contributed by atoms with van der Waals surface area (Å²) in [5, 5.41) is 6.78. The third kappa shape index (κ3) is 4.63. The maximum Gasteiger partial charge on any atom is 0.241 e. The van der Waals surface area contributed by atoms with Crippen LogP contribution in [0.4, 0.5) is 5.69 Å². The molecule has 8 heteroatoms. The molecule has 1 aromatic carbocycles. The zero-order chi connectivity index (χ0) is 17.7. The van der Waals surface area contributed by atoms with E-state index in [4.69, 9.17) is 11.5 Å². The largest absolute Gasteiger partial charge is 0.370 e. The first kappa shape index (κ1) is 17.6. The SMILES string of the molecule is CC1CC(=O)NN=C1c1ccc(NC(=O)[C@@H](N)CCC(N)=O)cc1. The Kier molecular flexibility index (Phi) is 5.64. The standard InChI is InChI=1S/C16H21N5O3/c1-9-8-14(23)20-21-15(9)10-2-4-11(5-3-10)19-16(24)12(17)6-7-13(18)22/h2-5,9,12H,6-8,17H2,1H3,(H2,18,22)(H,19,24)(H,20,23)/t9?,12-/m0/s1. The Labute approximate surface area is 139 Å². The van der Waals surface area contributed by atoms with Crippen LogP contribution in [0.15, 0.2) is 29.4 Å². The summed E-state index contributed by atoms with van der Waals surface area (Å²) in [7, 11) is 0. The van der Waals surface area contributed by atoms with Crippen LogP contribution in [0.2, 0.25) is 0 Å². The fourth-order valence-electron chi connectivity index (χ4n) is 2.39. The molecule has 1 heterocycles. The minimum atomic E-state index is -0.796. The number of anilines is 1. The summed E-state index contributed by atoms with van der Waals surface area (Å²) >= 11 is 0. The van der Waals surface area contributed by atoms with E-state index in [9.17, 15) is 14.4 Å². The predicted molar refractivity (Wildman–Crippen MR) is 89.9 cm³/mol. The summed E-state index contributed by atoms with van der Waals surface area (Å²) in [5.74, 6) is -0.932. The molecule has 0 aromatic heterocycles.